The third-order valence-electron chi connectivity index (χ3n) is 1.89. The lowest BCUT2D eigenvalue weighted by Crippen LogP contribution is -2.38. The van der Waals surface area contributed by atoms with Gasteiger partial charge in [-0.25, -0.2) is 0 Å². The summed E-state index contributed by atoms with van der Waals surface area (Å²) in [6.07, 6.45) is 0.612. The molecule has 0 aliphatic heterocycles. The Balaban J connectivity index is 3.93. The van der Waals surface area contributed by atoms with E-state index in [0.717, 1.165) is 0 Å². The van der Waals surface area contributed by atoms with Gasteiger partial charge in [-0.3, -0.25) is 9.59 Å². The van der Waals surface area contributed by atoms with E-state index in [4.69, 9.17) is 9.84 Å². The molecular weight excluding hydrogens is 198 g/mol. The number of rotatable bonds is 8. The van der Waals surface area contributed by atoms with Gasteiger partial charge in [-0.1, -0.05) is 0 Å². The summed E-state index contributed by atoms with van der Waals surface area (Å²) in [7, 11) is 0. The first-order valence-electron chi connectivity index (χ1n) is 5.12. The minimum Gasteiger partial charge on any atom is -0.466 e. The Morgan fingerprint density at radius 3 is 2.60 bits per heavy atom. The maximum atomic E-state index is 11.1. The highest BCUT2D eigenvalue weighted by Gasteiger charge is 2.17. The van der Waals surface area contributed by atoms with E-state index in [-0.39, 0.29) is 24.8 Å². The molecule has 0 aliphatic rings. The van der Waals surface area contributed by atoms with Gasteiger partial charge in [0.05, 0.1) is 19.1 Å². The van der Waals surface area contributed by atoms with Crippen LogP contribution in [0.15, 0.2) is 0 Å². The lowest BCUT2D eigenvalue weighted by atomic mass is 10.1. The van der Waals surface area contributed by atoms with Crippen molar-refractivity contribution >= 4 is 11.8 Å². The molecule has 2 N–H and O–H groups in total. The van der Waals surface area contributed by atoms with E-state index in [9.17, 15) is 9.59 Å². The Kier molecular flexibility index (Phi) is 7.85. The van der Waals surface area contributed by atoms with Crippen molar-refractivity contribution in [2.45, 2.75) is 32.7 Å². The van der Waals surface area contributed by atoms with Crippen LogP contribution in [0.25, 0.3) is 0 Å². The van der Waals surface area contributed by atoms with Crippen LogP contribution in [0, 0.1) is 0 Å². The summed E-state index contributed by atoms with van der Waals surface area (Å²) in [5, 5.41) is 11.5. The number of aliphatic hydroxyl groups excluding tert-OH is 1. The van der Waals surface area contributed by atoms with Crippen LogP contribution in [0.4, 0.5) is 0 Å². The van der Waals surface area contributed by atoms with Gasteiger partial charge in [-0.15, -0.1) is 0 Å². The van der Waals surface area contributed by atoms with Gasteiger partial charge in [-0.2, -0.15) is 0 Å². The monoisotopic (exact) mass is 217 g/mol. The van der Waals surface area contributed by atoms with Crippen molar-refractivity contribution in [3.8, 4) is 0 Å². The molecule has 0 saturated heterocycles. The molecule has 0 heterocycles. The zero-order chi connectivity index (χ0) is 11.7. The Hall–Kier alpha value is -0.940. The van der Waals surface area contributed by atoms with Crippen LogP contribution in [-0.4, -0.2) is 42.7 Å². The average molecular weight is 217 g/mol. The molecule has 0 aromatic rings. The normalized spacial score (nSPS) is 12.2. The molecule has 5 nitrogen and oxygen atoms in total. The Bertz CT molecular complexity index is 206. The van der Waals surface area contributed by atoms with Gasteiger partial charge >= 0.3 is 5.97 Å². The van der Waals surface area contributed by atoms with E-state index in [2.05, 4.69) is 5.32 Å². The molecule has 0 amide bonds. The SMILES string of the molecule is CCOC(=O)CC(NCCCO)C(C)=O. The highest BCUT2D eigenvalue weighted by Crippen LogP contribution is 1.97. The van der Waals surface area contributed by atoms with Crippen molar-refractivity contribution in [2.24, 2.45) is 0 Å². The fourth-order valence-corrected chi connectivity index (χ4v) is 1.10. The fraction of sp³-hybridized carbons (Fsp3) is 0.800. The first-order chi connectivity index (χ1) is 7.11. The minimum atomic E-state index is -0.504. The number of ketones is 1. The van der Waals surface area contributed by atoms with Gasteiger partial charge in [0.15, 0.2) is 0 Å². The van der Waals surface area contributed by atoms with Crippen molar-refractivity contribution < 1.29 is 19.4 Å². The zero-order valence-electron chi connectivity index (χ0n) is 9.28. The molecule has 0 aromatic heterocycles. The van der Waals surface area contributed by atoms with Crippen LogP contribution in [0.5, 0.6) is 0 Å². The van der Waals surface area contributed by atoms with Gasteiger partial charge in [0.25, 0.3) is 0 Å². The molecule has 0 fully saturated rings. The van der Waals surface area contributed by atoms with Gasteiger partial charge in [0, 0.05) is 6.61 Å². The molecule has 0 saturated carbocycles. The fourth-order valence-electron chi connectivity index (χ4n) is 1.10. The zero-order valence-corrected chi connectivity index (χ0v) is 9.28. The maximum Gasteiger partial charge on any atom is 0.307 e. The van der Waals surface area contributed by atoms with E-state index >= 15 is 0 Å². The van der Waals surface area contributed by atoms with Gasteiger partial charge < -0.3 is 15.2 Å². The highest BCUT2D eigenvalue weighted by molar-refractivity contribution is 5.86. The Labute approximate surface area is 89.8 Å². The van der Waals surface area contributed by atoms with Crippen LogP contribution < -0.4 is 5.32 Å². The molecule has 0 radical (unpaired) electrons. The summed E-state index contributed by atoms with van der Waals surface area (Å²) < 4.78 is 4.75. The first-order valence-corrected chi connectivity index (χ1v) is 5.12. The van der Waals surface area contributed by atoms with Crippen LogP contribution >= 0.6 is 0 Å². The number of hydrogen-bond acceptors (Lipinski definition) is 5. The summed E-state index contributed by atoms with van der Waals surface area (Å²) in [4.78, 5) is 22.3. The molecule has 1 atom stereocenters. The molecular formula is C10H19NO4. The number of nitrogens with one attached hydrogen (secondary N) is 1. The average Bonchev–Trinajstić information content (AvgIpc) is 2.16. The lowest BCUT2D eigenvalue weighted by Gasteiger charge is -2.14. The quantitative estimate of drug-likeness (QED) is 0.437. The van der Waals surface area contributed by atoms with Crippen LogP contribution in [0.3, 0.4) is 0 Å². The largest absolute Gasteiger partial charge is 0.466 e. The van der Waals surface area contributed by atoms with Crippen molar-refractivity contribution in [3.63, 3.8) is 0 Å². The number of carbonyl (C=O) groups is 2. The molecule has 5 heteroatoms. The van der Waals surface area contributed by atoms with E-state index in [1.807, 2.05) is 0 Å². The van der Waals surface area contributed by atoms with Gasteiger partial charge in [-0.05, 0) is 26.8 Å². The number of ether oxygens (including phenoxy) is 1. The van der Waals surface area contributed by atoms with E-state index in [1.165, 1.54) is 6.92 Å². The lowest BCUT2D eigenvalue weighted by molar-refractivity contribution is -0.145. The summed E-state index contributed by atoms with van der Waals surface area (Å²) in [5.41, 5.74) is 0. The maximum absolute atomic E-state index is 11.1. The van der Waals surface area contributed by atoms with Crippen molar-refractivity contribution in [1.29, 1.82) is 0 Å². The second kappa shape index (κ2) is 8.38. The van der Waals surface area contributed by atoms with Crippen molar-refractivity contribution in [2.75, 3.05) is 19.8 Å². The Morgan fingerprint density at radius 1 is 1.47 bits per heavy atom. The molecule has 88 valence electrons. The molecule has 0 aromatic carbocycles. The number of Topliss-reactive ketones (excluding diaryl/α,β-unsaturated/α-hetero) is 1. The van der Waals surface area contributed by atoms with E-state index in [0.29, 0.717) is 19.6 Å². The van der Waals surface area contributed by atoms with Crippen LogP contribution in [-0.2, 0) is 14.3 Å². The summed E-state index contributed by atoms with van der Waals surface area (Å²) >= 11 is 0. The standard InChI is InChI=1S/C10H19NO4/c1-3-15-10(14)7-9(8(2)13)11-5-4-6-12/h9,11-12H,3-7H2,1-2H3. The van der Waals surface area contributed by atoms with Crippen LogP contribution in [0.1, 0.15) is 26.7 Å². The topological polar surface area (TPSA) is 75.6 Å². The van der Waals surface area contributed by atoms with E-state index < -0.39 is 6.04 Å². The minimum absolute atomic E-state index is 0.0502. The Morgan fingerprint density at radius 2 is 2.13 bits per heavy atom. The van der Waals surface area contributed by atoms with Crippen molar-refractivity contribution in [3.05, 3.63) is 0 Å². The molecule has 0 rings (SSSR count). The molecule has 1 unspecified atom stereocenters. The summed E-state index contributed by atoms with van der Waals surface area (Å²) in [6.45, 7) is 4.05. The predicted molar refractivity (Wildman–Crippen MR) is 55.4 cm³/mol. The number of esters is 1. The smallest absolute Gasteiger partial charge is 0.307 e. The number of hydrogen-bond donors (Lipinski definition) is 2. The highest BCUT2D eigenvalue weighted by atomic mass is 16.5. The van der Waals surface area contributed by atoms with Crippen LogP contribution in [0.2, 0.25) is 0 Å². The third kappa shape index (κ3) is 7.04. The first kappa shape index (κ1) is 14.1. The second-order valence-corrected chi connectivity index (χ2v) is 3.20. The third-order valence-corrected chi connectivity index (χ3v) is 1.89. The number of carbonyl (C=O) groups excluding carboxylic acids is 2. The molecule has 0 spiro atoms. The summed E-state index contributed by atoms with van der Waals surface area (Å²) in [5.74, 6) is -0.477. The number of aliphatic hydroxyl groups is 1. The molecule has 0 bridgehead atoms. The predicted octanol–water partition coefficient (Wildman–Crippen LogP) is -0.131. The molecule has 0 aliphatic carbocycles. The molecule has 15 heavy (non-hydrogen) atoms. The van der Waals surface area contributed by atoms with Gasteiger partial charge in [0.2, 0.25) is 0 Å². The summed E-state index contributed by atoms with van der Waals surface area (Å²) in [6, 6.07) is -0.504. The second-order valence-electron chi connectivity index (χ2n) is 3.20. The van der Waals surface area contributed by atoms with Gasteiger partial charge in [0.1, 0.15) is 5.78 Å². The van der Waals surface area contributed by atoms with Crippen molar-refractivity contribution in [1.82, 2.24) is 5.32 Å². The van der Waals surface area contributed by atoms with E-state index in [1.54, 1.807) is 6.92 Å².